The molecule has 0 amide bonds. The summed E-state index contributed by atoms with van der Waals surface area (Å²) < 4.78 is 39.1. The van der Waals surface area contributed by atoms with Crippen molar-refractivity contribution in [2.24, 2.45) is 5.92 Å². The molecule has 3 atom stereocenters. The average molecular weight is 411 g/mol. The van der Waals surface area contributed by atoms with Crippen molar-refractivity contribution in [1.29, 1.82) is 0 Å². The fraction of sp³-hybridized carbons (Fsp3) is 0.600. The van der Waals surface area contributed by atoms with Crippen molar-refractivity contribution in [3.05, 3.63) is 23.8 Å². The van der Waals surface area contributed by atoms with Gasteiger partial charge in [0.1, 0.15) is 23.4 Å². The fourth-order valence-electron chi connectivity index (χ4n) is 3.09. The first-order chi connectivity index (χ1) is 13.2. The monoisotopic (exact) mass is 410 g/mol. The largest absolute Gasteiger partial charge is 0.487 e. The van der Waals surface area contributed by atoms with E-state index in [9.17, 15) is 13.5 Å². The zero-order valence-corrected chi connectivity index (χ0v) is 18.0. The molecule has 156 valence electrons. The number of likely N-dealkylation sites (N-methyl/N-ethyl adjacent to an activating group) is 1. The topological polar surface area (TPSA) is 79.3 Å². The number of aliphatic hydroxyl groups excluding tert-OH is 1. The normalized spacial score (nSPS) is 23.0. The Balaban J connectivity index is 2.57. The highest BCUT2D eigenvalue weighted by Crippen LogP contribution is 2.34. The predicted octanol–water partition coefficient (Wildman–Crippen LogP) is 1.01. The standard InChI is InChI=1S/C20H30N2O5S/c1-15-12-22(16(2)14-23)28(24,25)20-9-8-17(7-6-10-26-5)11-18(20)27-19(15)13-21(3)4/h8-9,11,15-16,19,23H,10,12-14H2,1-5H3/t15-,16+,19-/m0/s1. The van der Waals surface area contributed by atoms with Crippen molar-refractivity contribution < 1.29 is 23.0 Å². The Kier molecular flexibility index (Phi) is 7.87. The van der Waals surface area contributed by atoms with E-state index in [1.807, 2.05) is 25.9 Å². The number of methoxy groups -OCH3 is 1. The molecule has 1 aromatic rings. The van der Waals surface area contributed by atoms with Crippen molar-refractivity contribution >= 4 is 10.0 Å². The Hall–Kier alpha value is -1.63. The van der Waals surface area contributed by atoms with Crippen LogP contribution in [0.4, 0.5) is 0 Å². The second kappa shape index (κ2) is 9.72. The molecule has 1 aliphatic rings. The van der Waals surface area contributed by atoms with E-state index >= 15 is 0 Å². The summed E-state index contributed by atoms with van der Waals surface area (Å²) in [6.07, 6.45) is -0.208. The Morgan fingerprint density at radius 2 is 2.14 bits per heavy atom. The molecule has 8 heteroatoms. The van der Waals surface area contributed by atoms with Crippen LogP contribution >= 0.6 is 0 Å². The maximum Gasteiger partial charge on any atom is 0.247 e. The van der Waals surface area contributed by atoms with E-state index < -0.39 is 16.1 Å². The van der Waals surface area contributed by atoms with Gasteiger partial charge in [-0.05, 0) is 39.2 Å². The van der Waals surface area contributed by atoms with E-state index in [1.54, 1.807) is 26.2 Å². The Labute approximate surface area is 168 Å². The lowest BCUT2D eigenvalue weighted by atomic mass is 10.0. The maximum atomic E-state index is 13.3. The molecule has 0 saturated heterocycles. The molecule has 0 fully saturated rings. The summed E-state index contributed by atoms with van der Waals surface area (Å²) in [5.74, 6) is 6.05. The van der Waals surface area contributed by atoms with Gasteiger partial charge in [-0.1, -0.05) is 18.8 Å². The molecule has 2 rings (SSSR count). The summed E-state index contributed by atoms with van der Waals surface area (Å²) in [4.78, 5) is 2.11. The number of fused-ring (bicyclic) bond motifs is 1. The Morgan fingerprint density at radius 1 is 1.43 bits per heavy atom. The van der Waals surface area contributed by atoms with E-state index in [4.69, 9.17) is 9.47 Å². The predicted molar refractivity (Wildman–Crippen MR) is 108 cm³/mol. The molecule has 0 saturated carbocycles. The van der Waals surface area contributed by atoms with E-state index in [0.717, 1.165) is 0 Å². The van der Waals surface area contributed by atoms with Gasteiger partial charge in [-0.3, -0.25) is 0 Å². The van der Waals surface area contributed by atoms with Gasteiger partial charge >= 0.3 is 0 Å². The molecule has 0 spiro atoms. The minimum absolute atomic E-state index is 0.0671. The van der Waals surface area contributed by atoms with Gasteiger partial charge in [0.25, 0.3) is 0 Å². The number of hydrogen-bond acceptors (Lipinski definition) is 6. The van der Waals surface area contributed by atoms with Crippen molar-refractivity contribution in [3.63, 3.8) is 0 Å². The molecule has 1 aromatic carbocycles. The Morgan fingerprint density at radius 3 is 2.75 bits per heavy atom. The Bertz CT molecular complexity index is 829. The summed E-state index contributed by atoms with van der Waals surface area (Å²) in [7, 11) is 1.65. The molecular weight excluding hydrogens is 380 g/mol. The van der Waals surface area contributed by atoms with Gasteiger partial charge < -0.3 is 19.5 Å². The first kappa shape index (κ1) is 22.7. The number of sulfonamides is 1. The summed E-state index contributed by atoms with van der Waals surface area (Å²) in [6.45, 7) is 4.63. The minimum Gasteiger partial charge on any atom is -0.487 e. The fourth-order valence-corrected chi connectivity index (χ4v) is 4.92. The SMILES string of the molecule is COCC#Cc1ccc2c(c1)O[C@@H](CN(C)C)[C@@H](C)CN([C@H](C)CO)S2(=O)=O. The van der Waals surface area contributed by atoms with Gasteiger partial charge in [0, 0.05) is 37.7 Å². The van der Waals surface area contributed by atoms with Crippen molar-refractivity contribution in [2.75, 3.05) is 47.5 Å². The minimum atomic E-state index is -3.82. The molecule has 1 heterocycles. The number of nitrogens with zero attached hydrogens (tertiary/aromatic N) is 2. The number of rotatable bonds is 5. The van der Waals surface area contributed by atoms with Crippen LogP contribution in [0.1, 0.15) is 19.4 Å². The van der Waals surface area contributed by atoms with Crippen LogP contribution < -0.4 is 4.74 Å². The van der Waals surface area contributed by atoms with Crippen LogP contribution in [0.3, 0.4) is 0 Å². The highest BCUT2D eigenvalue weighted by Gasteiger charge is 2.37. The molecule has 0 unspecified atom stereocenters. The number of ether oxygens (including phenoxy) is 2. The van der Waals surface area contributed by atoms with Gasteiger partial charge in [0.05, 0.1) is 6.61 Å². The van der Waals surface area contributed by atoms with Crippen LogP contribution in [0.2, 0.25) is 0 Å². The van der Waals surface area contributed by atoms with E-state index in [-0.39, 0.29) is 35.8 Å². The number of benzene rings is 1. The maximum absolute atomic E-state index is 13.3. The van der Waals surface area contributed by atoms with Crippen LogP contribution in [0.5, 0.6) is 5.75 Å². The lowest BCUT2D eigenvalue weighted by Crippen LogP contribution is -2.49. The first-order valence-corrected chi connectivity index (χ1v) is 10.7. The highest BCUT2D eigenvalue weighted by atomic mass is 32.2. The lowest BCUT2D eigenvalue weighted by Gasteiger charge is -2.37. The first-order valence-electron chi connectivity index (χ1n) is 9.26. The third-order valence-corrected chi connectivity index (χ3v) is 6.68. The molecule has 1 N–H and O–H groups in total. The van der Waals surface area contributed by atoms with Crippen molar-refractivity contribution in [1.82, 2.24) is 9.21 Å². The third kappa shape index (κ3) is 5.25. The summed E-state index contributed by atoms with van der Waals surface area (Å²) >= 11 is 0. The molecule has 0 aromatic heterocycles. The average Bonchev–Trinajstić information content (AvgIpc) is 2.63. The zero-order valence-electron chi connectivity index (χ0n) is 17.2. The molecule has 28 heavy (non-hydrogen) atoms. The van der Waals surface area contributed by atoms with Crippen LogP contribution in [0.25, 0.3) is 0 Å². The van der Waals surface area contributed by atoms with Gasteiger partial charge in [0.15, 0.2) is 0 Å². The quantitative estimate of drug-likeness (QED) is 0.730. The molecule has 1 aliphatic heterocycles. The van der Waals surface area contributed by atoms with Crippen LogP contribution in [-0.2, 0) is 14.8 Å². The summed E-state index contributed by atoms with van der Waals surface area (Å²) in [6, 6.07) is 4.33. The highest BCUT2D eigenvalue weighted by molar-refractivity contribution is 7.89. The molecule has 7 nitrogen and oxygen atoms in total. The van der Waals surface area contributed by atoms with Crippen LogP contribution in [0.15, 0.2) is 23.1 Å². The van der Waals surface area contributed by atoms with Crippen LogP contribution in [0, 0.1) is 17.8 Å². The number of aliphatic hydroxyl groups is 1. The van der Waals surface area contributed by atoms with Gasteiger partial charge in [-0.15, -0.1) is 0 Å². The third-order valence-electron chi connectivity index (χ3n) is 4.66. The van der Waals surface area contributed by atoms with Gasteiger partial charge in [0.2, 0.25) is 10.0 Å². The van der Waals surface area contributed by atoms with E-state index in [0.29, 0.717) is 18.7 Å². The molecule has 0 bridgehead atoms. The number of hydrogen-bond donors (Lipinski definition) is 1. The summed E-state index contributed by atoms with van der Waals surface area (Å²) in [5.41, 5.74) is 0.657. The van der Waals surface area contributed by atoms with E-state index in [2.05, 4.69) is 11.8 Å². The van der Waals surface area contributed by atoms with Gasteiger partial charge in [-0.2, -0.15) is 4.31 Å². The van der Waals surface area contributed by atoms with Crippen LogP contribution in [-0.4, -0.2) is 82.4 Å². The second-order valence-electron chi connectivity index (χ2n) is 7.40. The zero-order chi connectivity index (χ0) is 20.9. The molecule has 0 radical (unpaired) electrons. The second-order valence-corrected chi connectivity index (χ2v) is 9.26. The molecular formula is C20H30N2O5S. The van der Waals surface area contributed by atoms with Crippen molar-refractivity contribution in [2.45, 2.75) is 30.9 Å². The summed E-state index contributed by atoms with van der Waals surface area (Å²) in [5, 5.41) is 9.62. The van der Waals surface area contributed by atoms with E-state index in [1.165, 1.54) is 10.4 Å². The van der Waals surface area contributed by atoms with Crippen molar-refractivity contribution in [3.8, 4) is 17.6 Å². The van der Waals surface area contributed by atoms with Gasteiger partial charge in [-0.25, -0.2) is 8.42 Å². The lowest BCUT2D eigenvalue weighted by molar-refractivity contribution is 0.0812. The molecule has 0 aliphatic carbocycles. The smallest absolute Gasteiger partial charge is 0.247 e.